The summed E-state index contributed by atoms with van der Waals surface area (Å²) in [6, 6.07) is 0. The van der Waals surface area contributed by atoms with Gasteiger partial charge in [0.1, 0.15) is 5.82 Å². The average molecular weight is 319 g/mol. The van der Waals surface area contributed by atoms with E-state index in [1.807, 2.05) is 0 Å². The molecule has 4 rings (SSSR count). The van der Waals surface area contributed by atoms with Crippen LogP contribution in [0.5, 0.6) is 0 Å². The van der Waals surface area contributed by atoms with Crippen LogP contribution < -0.4 is 0 Å². The summed E-state index contributed by atoms with van der Waals surface area (Å²) in [6.07, 6.45) is 3.48. The number of carbonyl (C=O) groups excluding carboxylic acids is 1. The molecule has 3 heterocycles. The minimum atomic E-state index is -0.497. The third-order valence-corrected chi connectivity index (χ3v) is 4.68. The number of rotatable bonds is 4. The van der Waals surface area contributed by atoms with Crippen molar-refractivity contribution in [1.29, 1.82) is 0 Å². The van der Waals surface area contributed by atoms with Crippen LogP contribution in [0, 0.1) is 12.8 Å². The maximum absolute atomic E-state index is 13.4. The Balaban J connectivity index is 1.54. The van der Waals surface area contributed by atoms with Gasteiger partial charge in [-0.15, -0.1) is 0 Å². The zero-order valence-corrected chi connectivity index (χ0v) is 12.8. The number of aryl methyl sites for hydroxylation is 1. The molecule has 2 atom stereocenters. The molecular formula is C15H18FN5O2. The normalized spacial score (nSPS) is 24.3. The van der Waals surface area contributed by atoms with Crippen molar-refractivity contribution in [3.05, 3.63) is 29.5 Å². The topological polar surface area (TPSA) is 87.9 Å². The van der Waals surface area contributed by atoms with E-state index in [0.29, 0.717) is 30.5 Å². The smallest absolute Gasteiger partial charge is 0.291 e. The van der Waals surface area contributed by atoms with Crippen molar-refractivity contribution < 1.29 is 13.6 Å². The Hall–Kier alpha value is -2.25. The second-order valence-corrected chi connectivity index (χ2v) is 6.35. The Morgan fingerprint density at radius 1 is 1.48 bits per heavy atom. The highest BCUT2D eigenvalue weighted by atomic mass is 19.1. The van der Waals surface area contributed by atoms with E-state index in [-0.39, 0.29) is 23.5 Å². The van der Waals surface area contributed by atoms with Gasteiger partial charge in [-0.2, -0.15) is 5.10 Å². The van der Waals surface area contributed by atoms with Crippen LogP contribution in [0.25, 0.3) is 0 Å². The van der Waals surface area contributed by atoms with Crippen molar-refractivity contribution >= 4 is 5.91 Å². The van der Waals surface area contributed by atoms with Crippen molar-refractivity contribution in [3.8, 4) is 0 Å². The fourth-order valence-electron chi connectivity index (χ4n) is 3.13. The minimum absolute atomic E-state index is 0.160. The van der Waals surface area contributed by atoms with Crippen LogP contribution >= 0.6 is 0 Å². The number of nitrogens with one attached hydrogen (secondary N) is 1. The number of hydrogen-bond donors (Lipinski definition) is 1. The molecule has 1 aliphatic carbocycles. The van der Waals surface area contributed by atoms with Gasteiger partial charge >= 0.3 is 0 Å². The van der Waals surface area contributed by atoms with Crippen molar-refractivity contribution in [1.82, 2.24) is 25.1 Å². The molecule has 1 amide bonds. The number of oxazole rings is 1. The molecule has 23 heavy (non-hydrogen) atoms. The third-order valence-electron chi connectivity index (χ3n) is 4.68. The lowest BCUT2D eigenvalue weighted by Crippen LogP contribution is -2.29. The van der Waals surface area contributed by atoms with Crippen LogP contribution in [0.2, 0.25) is 0 Å². The highest BCUT2D eigenvalue weighted by molar-refractivity contribution is 5.92. The summed E-state index contributed by atoms with van der Waals surface area (Å²) in [4.78, 5) is 22.6. The Morgan fingerprint density at radius 3 is 2.96 bits per heavy atom. The second-order valence-electron chi connectivity index (χ2n) is 6.35. The summed E-state index contributed by atoms with van der Waals surface area (Å²) in [5.41, 5.74) is 0.547. The highest BCUT2D eigenvalue weighted by Gasteiger charge is 2.40. The quantitative estimate of drug-likeness (QED) is 0.928. The van der Waals surface area contributed by atoms with Crippen LogP contribution in [0.3, 0.4) is 0 Å². The Labute approximate surface area is 132 Å². The zero-order valence-electron chi connectivity index (χ0n) is 12.8. The lowest BCUT2D eigenvalue weighted by molar-refractivity contribution is 0.0752. The molecule has 1 aliphatic heterocycles. The summed E-state index contributed by atoms with van der Waals surface area (Å²) in [7, 11) is 0. The fourth-order valence-corrected chi connectivity index (χ4v) is 3.13. The van der Waals surface area contributed by atoms with E-state index in [9.17, 15) is 9.18 Å². The summed E-state index contributed by atoms with van der Waals surface area (Å²) >= 11 is 0. The van der Waals surface area contributed by atoms with E-state index in [1.54, 1.807) is 11.8 Å². The van der Waals surface area contributed by atoms with Crippen LogP contribution in [0.1, 0.15) is 52.6 Å². The van der Waals surface area contributed by atoms with Gasteiger partial charge in [0.05, 0.1) is 12.4 Å². The van der Waals surface area contributed by atoms with Crippen molar-refractivity contribution in [2.24, 2.45) is 5.92 Å². The standard InChI is InChI=1S/C15H18FN5O2/c1-8-12(23-7-17-8)15(22)21-5-10(4-16)11(6-21)14-18-13(19-20-14)9-2-3-9/h7,9-11H,2-6H2,1H3,(H,18,19,20)/t10-,11-/m1/s1. The molecule has 2 aliphatic rings. The van der Waals surface area contributed by atoms with Crippen LogP contribution in [-0.2, 0) is 0 Å². The summed E-state index contributed by atoms with van der Waals surface area (Å²) < 4.78 is 18.6. The molecule has 1 saturated heterocycles. The monoisotopic (exact) mass is 319 g/mol. The molecule has 8 heteroatoms. The first kappa shape index (κ1) is 14.3. The molecule has 2 aromatic heterocycles. The average Bonchev–Trinajstić information content (AvgIpc) is 2.99. The molecule has 7 nitrogen and oxygen atoms in total. The van der Waals surface area contributed by atoms with Gasteiger partial charge in [-0.1, -0.05) is 0 Å². The maximum atomic E-state index is 13.4. The fraction of sp³-hybridized carbons (Fsp3) is 0.600. The van der Waals surface area contributed by atoms with Crippen LogP contribution in [0.4, 0.5) is 4.39 Å². The predicted molar refractivity (Wildman–Crippen MR) is 77.7 cm³/mol. The van der Waals surface area contributed by atoms with Gasteiger partial charge in [0.15, 0.2) is 12.2 Å². The summed E-state index contributed by atoms with van der Waals surface area (Å²) in [5.74, 6) is 1.48. The number of aromatic nitrogens is 4. The highest BCUT2D eigenvalue weighted by Crippen LogP contribution is 2.39. The number of likely N-dealkylation sites (tertiary alicyclic amines) is 1. The van der Waals surface area contributed by atoms with Crippen molar-refractivity contribution in [2.45, 2.75) is 31.6 Å². The number of hydrogen-bond acceptors (Lipinski definition) is 5. The predicted octanol–water partition coefficient (Wildman–Crippen LogP) is 1.80. The van der Waals surface area contributed by atoms with Crippen molar-refractivity contribution in [2.75, 3.05) is 19.8 Å². The molecular weight excluding hydrogens is 301 g/mol. The first-order valence-electron chi connectivity index (χ1n) is 7.85. The Kier molecular flexibility index (Phi) is 3.39. The van der Waals surface area contributed by atoms with E-state index in [1.165, 1.54) is 6.39 Å². The maximum Gasteiger partial charge on any atom is 0.291 e. The second kappa shape index (κ2) is 5.43. The number of amides is 1. The van der Waals surface area contributed by atoms with Gasteiger partial charge < -0.3 is 9.32 Å². The number of halogens is 1. The summed E-state index contributed by atoms with van der Waals surface area (Å²) in [6.45, 7) is 1.98. The Bertz CT molecular complexity index is 723. The minimum Gasteiger partial charge on any atom is -0.438 e. The number of nitrogens with zero attached hydrogens (tertiary/aromatic N) is 4. The molecule has 0 radical (unpaired) electrons. The molecule has 1 saturated carbocycles. The van der Waals surface area contributed by atoms with Crippen LogP contribution in [0.15, 0.2) is 10.8 Å². The largest absolute Gasteiger partial charge is 0.438 e. The van der Waals surface area contributed by atoms with E-state index in [4.69, 9.17) is 4.42 Å². The molecule has 0 unspecified atom stereocenters. The number of aromatic amines is 1. The van der Waals surface area contributed by atoms with Crippen molar-refractivity contribution in [3.63, 3.8) is 0 Å². The van der Waals surface area contributed by atoms with Gasteiger partial charge in [-0.05, 0) is 19.8 Å². The molecule has 2 aromatic rings. The van der Waals surface area contributed by atoms with Gasteiger partial charge in [-0.3, -0.25) is 14.3 Å². The SMILES string of the molecule is Cc1ncoc1C(=O)N1C[C@@H](CF)[C@H](c2nc(C3CC3)n[nH]2)C1. The molecule has 2 fully saturated rings. The molecule has 0 bridgehead atoms. The molecule has 1 N–H and O–H groups in total. The first-order valence-corrected chi connectivity index (χ1v) is 7.85. The summed E-state index contributed by atoms with van der Waals surface area (Å²) in [5, 5.41) is 7.17. The molecule has 122 valence electrons. The Morgan fingerprint density at radius 2 is 2.30 bits per heavy atom. The number of H-pyrrole nitrogens is 1. The van der Waals surface area contributed by atoms with E-state index >= 15 is 0 Å². The van der Waals surface area contributed by atoms with E-state index in [2.05, 4.69) is 20.2 Å². The number of alkyl halides is 1. The zero-order chi connectivity index (χ0) is 16.0. The van der Waals surface area contributed by atoms with E-state index < -0.39 is 6.67 Å². The van der Waals surface area contributed by atoms with Gasteiger partial charge in [0.2, 0.25) is 5.76 Å². The van der Waals surface area contributed by atoms with Gasteiger partial charge in [0, 0.05) is 30.8 Å². The van der Waals surface area contributed by atoms with Gasteiger partial charge in [0.25, 0.3) is 5.91 Å². The van der Waals surface area contributed by atoms with Crippen LogP contribution in [-0.4, -0.2) is 50.7 Å². The number of carbonyl (C=O) groups is 1. The first-order chi connectivity index (χ1) is 11.2. The lowest BCUT2D eigenvalue weighted by Gasteiger charge is -2.14. The van der Waals surface area contributed by atoms with E-state index in [0.717, 1.165) is 18.7 Å². The lowest BCUT2D eigenvalue weighted by atomic mass is 9.97. The molecule has 0 spiro atoms. The van der Waals surface area contributed by atoms with Gasteiger partial charge in [-0.25, -0.2) is 9.97 Å². The third kappa shape index (κ3) is 2.51. The molecule has 0 aromatic carbocycles.